The van der Waals surface area contributed by atoms with Gasteiger partial charge in [0.05, 0.1) is 6.61 Å². The molecule has 1 unspecified atom stereocenters. The van der Waals surface area contributed by atoms with Crippen LogP contribution < -0.4 is 5.32 Å². The summed E-state index contributed by atoms with van der Waals surface area (Å²) in [6.45, 7) is 2.75. The molecule has 70 valence electrons. The molecule has 1 N–H and O–H groups in total. The van der Waals surface area contributed by atoms with Gasteiger partial charge in [0.15, 0.2) is 0 Å². The lowest BCUT2D eigenvalue weighted by molar-refractivity contribution is 0.0853. The quantitative estimate of drug-likeness (QED) is 0.776. The Morgan fingerprint density at radius 2 is 2.15 bits per heavy atom. The highest BCUT2D eigenvalue weighted by Crippen LogP contribution is 2.23. The van der Waals surface area contributed by atoms with Crippen LogP contribution in [-0.4, -0.2) is 25.1 Å². The van der Waals surface area contributed by atoms with Gasteiger partial charge in [0.2, 0.25) is 0 Å². The van der Waals surface area contributed by atoms with E-state index in [2.05, 4.69) is 29.6 Å². The molecule has 0 saturated carbocycles. The van der Waals surface area contributed by atoms with Crippen molar-refractivity contribution in [1.29, 1.82) is 0 Å². The summed E-state index contributed by atoms with van der Waals surface area (Å²) in [5.74, 6) is 0. The van der Waals surface area contributed by atoms with Crippen molar-refractivity contribution in [1.82, 2.24) is 5.32 Å². The van der Waals surface area contributed by atoms with Crippen molar-refractivity contribution in [3.05, 3.63) is 30.3 Å². The number of nitrogens with one attached hydrogen (secondary N) is 1. The third kappa shape index (κ3) is 2.72. The summed E-state index contributed by atoms with van der Waals surface area (Å²) in [6, 6.07) is 10.4. The Kier molecular flexibility index (Phi) is 3.24. The normalized spacial score (nSPS) is 22.9. The van der Waals surface area contributed by atoms with Crippen LogP contribution in [0.1, 0.15) is 0 Å². The van der Waals surface area contributed by atoms with Gasteiger partial charge in [-0.2, -0.15) is 0 Å². The van der Waals surface area contributed by atoms with Crippen LogP contribution >= 0.6 is 11.8 Å². The summed E-state index contributed by atoms with van der Waals surface area (Å²) < 4.78 is 5.58. The maximum absolute atomic E-state index is 5.58. The van der Waals surface area contributed by atoms with Crippen molar-refractivity contribution in [2.24, 2.45) is 0 Å². The van der Waals surface area contributed by atoms with Crippen molar-refractivity contribution >= 4 is 11.8 Å². The van der Waals surface area contributed by atoms with E-state index in [4.69, 9.17) is 4.74 Å². The maximum atomic E-state index is 5.58. The molecule has 1 aromatic carbocycles. The molecule has 2 rings (SSSR count). The van der Waals surface area contributed by atoms with E-state index in [1.54, 1.807) is 11.8 Å². The summed E-state index contributed by atoms with van der Waals surface area (Å²) in [6.07, 6.45) is 0. The molecule has 1 heterocycles. The largest absolute Gasteiger partial charge is 0.365 e. The molecule has 0 spiro atoms. The SMILES string of the molecule is c1ccc(SC2CNCCO2)cc1. The van der Waals surface area contributed by atoms with Crippen LogP contribution in [0.25, 0.3) is 0 Å². The Labute approximate surface area is 82.7 Å². The third-order valence-corrected chi connectivity index (χ3v) is 3.01. The van der Waals surface area contributed by atoms with Crippen molar-refractivity contribution in [3.63, 3.8) is 0 Å². The van der Waals surface area contributed by atoms with Crippen LogP contribution in [0.5, 0.6) is 0 Å². The smallest absolute Gasteiger partial charge is 0.120 e. The lowest BCUT2D eigenvalue weighted by Crippen LogP contribution is -2.36. The predicted molar refractivity (Wildman–Crippen MR) is 54.9 cm³/mol. The van der Waals surface area contributed by atoms with E-state index in [0.717, 1.165) is 19.7 Å². The average molecular weight is 195 g/mol. The van der Waals surface area contributed by atoms with E-state index in [1.807, 2.05) is 6.07 Å². The first-order valence-corrected chi connectivity index (χ1v) is 5.37. The van der Waals surface area contributed by atoms with E-state index >= 15 is 0 Å². The molecule has 3 heteroatoms. The van der Waals surface area contributed by atoms with Crippen molar-refractivity contribution < 1.29 is 4.74 Å². The van der Waals surface area contributed by atoms with Gasteiger partial charge in [-0.15, -0.1) is 0 Å². The Morgan fingerprint density at radius 1 is 1.31 bits per heavy atom. The first kappa shape index (κ1) is 9.06. The second-order valence-corrected chi connectivity index (χ2v) is 4.17. The standard InChI is InChI=1S/C10H13NOS/c1-2-4-9(5-3-1)13-10-8-11-6-7-12-10/h1-5,10-11H,6-8H2. The highest BCUT2D eigenvalue weighted by Gasteiger charge is 2.13. The molecule has 13 heavy (non-hydrogen) atoms. The second-order valence-electron chi connectivity index (χ2n) is 2.94. The molecule has 0 radical (unpaired) electrons. The van der Waals surface area contributed by atoms with Crippen LogP contribution in [0, 0.1) is 0 Å². The number of rotatable bonds is 2. The fourth-order valence-electron chi connectivity index (χ4n) is 1.27. The third-order valence-electron chi connectivity index (χ3n) is 1.90. The topological polar surface area (TPSA) is 21.3 Å². The molecule has 1 aromatic rings. The molecular weight excluding hydrogens is 182 g/mol. The molecule has 0 bridgehead atoms. The Hall–Kier alpha value is -0.510. The van der Waals surface area contributed by atoms with Crippen molar-refractivity contribution in [2.45, 2.75) is 10.3 Å². The van der Waals surface area contributed by atoms with E-state index in [1.165, 1.54) is 4.90 Å². The monoisotopic (exact) mass is 195 g/mol. The number of benzene rings is 1. The number of hydrogen-bond acceptors (Lipinski definition) is 3. The van der Waals surface area contributed by atoms with Crippen LogP contribution in [0.3, 0.4) is 0 Å². The van der Waals surface area contributed by atoms with Gasteiger partial charge in [0.1, 0.15) is 5.44 Å². The zero-order valence-electron chi connectivity index (χ0n) is 7.40. The van der Waals surface area contributed by atoms with Crippen molar-refractivity contribution in [3.8, 4) is 0 Å². The van der Waals surface area contributed by atoms with Gasteiger partial charge in [0, 0.05) is 18.0 Å². The maximum Gasteiger partial charge on any atom is 0.120 e. The molecule has 1 fully saturated rings. The summed E-state index contributed by atoms with van der Waals surface area (Å²) >= 11 is 1.78. The summed E-state index contributed by atoms with van der Waals surface area (Å²) in [7, 11) is 0. The lowest BCUT2D eigenvalue weighted by Gasteiger charge is -2.22. The first-order chi connectivity index (χ1) is 6.45. The Balaban J connectivity index is 1.90. The number of hydrogen-bond donors (Lipinski definition) is 1. The zero-order chi connectivity index (χ0) is 8.93. The molecule has 1 aliphatic heterocycles. The molecule has 0 aliphatic carbocycles. The summed E-state index contributed by atoms with van der Waals surface area (Å²) in [5, 5.41) is 3.31. The van der Waals surface area contributed by atoms with Crippen LogP contribution in [0.2, 0.25) is 0 Å². The molecule has 0 amide bonds. The second kappa shape index (κ2) is 4.65. The van der Waals surface area contributed by atoms with E-state index in [9.17, 15) is 0 Å². The Morgan fingerprint density at radius 3 is 2.85 bits per heavy atom. The highest BCUT2D eigenvalue weighted by atomic mass is 32.2. The molecule has 1 aliphatic rings. The zero-order valence-corrected chi connectivity index (χ0v) is 8.22. The molecule has 2 nitrogen and oxygen atoms in total. The minimum Gasteiger partial charge on any atom is -0.365 e. The van der Waals surface area contributed by atoms with Crippen LogP contribution in [0.4, 0.5) is 0 Å². The highest BCUT2D eigenvalue weighted by molar-refractivity contribution is 7.99. The van der Waals surface area contributed by atoms with E-state index < -0.39 is 0 Å². The van der Waals surface area contributed by atoms with E-state index in [0.29, 0.717) is 0 Å². The van der Waals surface area contributed by atoms with E-state index in [-0.39, 0.29) is 5.44 Å². The molecular formula is C10H13NOS. The number of morpholine rings is 1. The summed E-state index contributed by atoms with van der Waals surface area (Å²) in [4.78, 5) is 1.27. The molecule has 1 saturated heterocycles. The Bertz CT molecular complexity index is 246. The first-order valence-electron chi connectivity index (χ1n) is 4.49. The number of ether oxygens (including phenoxy) is 1. The minimum atomic E-state index is 0.274. The van der Waals surface area contributed by atoms with Gasteiger partial charge in [-0.3, -0.25) is 0 Å². The fraction of sp³-hybridized carbons (Fsp3) is 0.400. The number of thioether (sulfide) groups is 1. The van der Waals surface area contributed by atoms with Gasteiger partial charge in [0.25, 0.3) is 0 Å². The van der Waals surface area contributed by atoms with Crippen LogP contribution in [0.15, 0.2) is 35.2 Å². The fourth-order valence-corrected chi connectivity index (χ4v) is 2.25. The summed E-state index contributed by atoms with van der Waals surface area (Å²) in [5.41, 5.74) is 0.274. The van der Waals surface area contributed by atoms with Gasteiger partial charge < -0.3 is 10.1 Å². The lowest BCUT2D eigenvalue weighted by atomic mass is 10.4. The minimum absolute atomic E-state index is 0.274. The molecule has 1 atom stereocenters. The molecule has 0 aromatic heterocycles. The predicted octanol–water partition coefficient (Wildman–Crippen LogP) is 1.72. The van der Waals surface area contributed by atoms with Crippen molar-refractivity contribution in [2.75, 3.05) is 19.7 Å². The van der Waals surface area contributed by atoms with Gasteiger partial charge in [-0.25, -0.2) is 0 Å². The van der Waals surface area contributed by atoms with Gasteiger partial charge in [-0.1, -0.05) is 30.0 Å². The van der Waals surface area contributed by atoms with Gasteiger partial charge >= 0.3 is 0 Å². The van der Waals surface area contributed by atoms with Gasteiger partial charge in [-0.05, 0) is 12.1 Å². The van der Waals surface area contributed by atoms with Crippen LogP contribution in [-0.2, 0) is 4.74 Å². The average Bonchev–Trinajstić information content (AvgIpc) is 2.21.